The maximum Gasteiger partial charge on any atom is 0.412 e. The van der Waals surface area contributed by atoms with Crippen LogP contribution in [0.4, 0.5) is 10.5 Å². The van der Waals surface area contributed by atoms with E-state index < -0.39 is 17.4 Å². The molecule has 7 heteroatoms. The molecule has 0 saturated heterocycles. The van der Waals surface area contributed by atoms with E-state index >= 15 is 0 Å². The summed E-state index contributed by atoms with van der Waals surface area (Å²) in [6.07, 6.45) is 0.826. The lowest BCUT2D eigenvalue weighted by Gasteiger charge is -2.19. The Hall–Kier alpha value is -2.83. The van der Waals surface area contributed by atoms with Gasteiger partial charge >= 0.3 is 11.8 Å². The number of nitrogens with one attached hydrogen (secondary N) is 2. The van der Waals surface area contributed by atoms with Crippen molar-refractivity contribution >= 4 is 11.8 Å². The second-order valence-electron chi connectivity index (χ2n) is 5.49. The Bertz CT molecular complexity index is 702. The Balaban J connectivity index is 1.98. The number of aromatic nitrogens is 2. The third-order valence-electron chi connectivity index (χ3n) is 2.38. The highest BCUT2D eigenvalue weighted by Crippen LogP contribution is 2.21. The summed E-state index contributed by atoms with van der Waals surface area (Å²) in [6.45, 7) is 5.37. The molecule has 2 N–H and O–H groups in total. The van der Waals surface area contributed by atoms with E-state index in [1.165, 1.54) is 12.3 Å². The van der Waals surface area contributed by atoms with Crippen LogP contribution in [-0.2, 0) is 4.74 Å². The summed E-state index contributed by atoms with van der Waals surface area (Å²) in [5.41, 5.74) is -0.467. The van der Waals surface area contributed by atoms with Gasteiger partial charge in [0.25, 0.3) is 0 Å². The molecule has 1 aromatic carbocycles. The van der Waals surface area contributed by atoms with Crippen molar-refractivity contribution in [3.8, 4) is 11.6 Å². The average Bonchev–Trinajstić information content (AvgIpc) is 2.39. The van der Waals surface area contributed by atoms with Crippen LogP contribution in [0.1, 0.15) is 20.8 Å². The minimum absolute atomic E-state index is 0.285. The van der Waals surface area contributed by atoms with Gasteiger partial charge in [-0.2, -0.15) is 0 Å². The van der Waals surface area contributed by atoms with Crippen LogP contribution in [0, 0.1) is 0 Å². The Labute approximate surface area is 127 Å². The maximum absolute atomic E-state index is 11.6. The molecule has 0 spiro atoms. The van der Waals surface area contributed by atoms with Crippen molar-refractivity contribution in [3.05, 3.63) is 47.0 Å². The van der Waals surface area contributed by atoms with E-state index in [-0.39, 0.29) is 5.88 Å². The quantitative estimate of drug-likeness (QED) is 0.909. The summed E-state index contributed by atoms with van der Waals surface area (Å²) >= 11 is 0. The van der Waals surface area contributed by atoms with Crippen molar-refractivity contribution in [2.75, 3.05) is 5.32 Å². The molecule has 0 atom stereocenters. The van der Waals surface area contributed by atoms with Crippen LogP contribution in [0.25, 0.3) is 0 Å². The van der Waals surface area contributed by atoms with Crippen molar-refractivity contribution in [1.29, 1.82) is 0 Å². The largest absolute Gasteiger partial charge is 0.444 e. The van der Waals surface area contributed by atoms with E-state index in [4.69, 9.17) is 9.47 Å². The molecule has 0 aliphatic carbocycles. The van der Waals surface area contributed by atoms with Gasteiger partial charge in [0.15, 0.2) is 0 Å². The van der Waals surface area contributed by atoms with E-state index in [1.54, 1.807) is 45.0 Å². The first-order valence-electron chi connectivity index (χ1n) is 6.65. The highest BCUT2D eigenvalue weighted by atomic mass is 16.6. The van der Waals surface area contributed by atoms with Crippen LogP contribution >= 0.6 is 0 Å². The molecule has 1 heterocycles. The van der Waals surface area contributed by atoms with E-state index in [0.29, 0.717) is 11.4 Å². The molecule has 0 aliphatic heterocycles. The lowest BCUT2D eigenvalue weighted by atomic mass is 10.2. The topological polar surface area (TPSA) is 93.3 Å². The Kier molecular flexibility index (Phi) is 4.45. The zero-order valence-electron chi connectivity index (χ0n) is 12.5. The number of hydrogen-bond acceptors (Lipinski definition) is 5. The standard InChI is InChI=1S/C15H17N3O4/c1-15(2,3)22-14(20)17-10-4-6-11(7-5-10)21-12-8-9-16-13(19)18-12/h4-9H,1-3H3,(H,17,20)(H,16,18,19). The van der Waals surface area contributed by atoms with Crippen LogP contribution < -0.4 is 15.7 Å². The Morgan fingerprint density at radius 1 is 1.18 bits per heavy atom. The van der Waals surface area contributed by atoms with E-state index in [2.05, 4.69) is 15.3 Å². The molecule has 0 bridgehead atoms. The molecule has 0 unspecified atom stereocenters. The van der Waals surface area contributed by atoms with Gasteiger partial charge in [0, 0.05) is 18.0 Å². The molecule has 0 radical (unpaired) electrons. The number of ether oxygens (including phenoxy) is 2. The number of aromatic amines is 1. The van der Waals surface area contributed by atoms with Gasteiger partial charge in [-0.3, -0.25) is 10.3 Å². The van der Waals surface area contributed by atoms with Gasteiger partial charge in [-0.1, -0.05) is 0 Å². The first kappa shape index (κ1) is 15.6. The monoisotopic (exact) mass is 303 g/mol. The number of H-pyrrole nitrogens is 1. The number of anilines is 1. The number of nitrogens with zero attached hydrogens (tertiary/aromatic N) is 1. The second kappa shape index (κ2) is 6.30. The van der Waals surface area contributed by atoms with Crippen LogP contribution in [0.3, 0.4) is 0 Å². The summed E-state index contributed by atoms with van der Waals surface area (Å²) in [6, 6.07) is 8.18. The third-order valence-corrected chi connectivity index (χ3v) is 2.38. The summed E-state index contributed by atoms with van der Waals surface area (Å²) < 4.78 is 10.6. The van der Waals surface area contributed by atoms with Crippen molar-refractivity contribution in [2.45, 2.75) is 26.4 Å². The number of rotatable bonds is 3. The molecule has 7 nitrogen and oxygen atoms in total. The molecular weight excluding hydrogens is 286 g/mol. The fourth-order valence-electron chi connectivity index (χ4n) is 1.57. The normalized spacial score (nSPS) is 10.9. The number of benzene rings is 1. The summed E-state index contributed by atoms with van der Waals surface area (Å²) in [7, 11) is 0. The number of amides is 1. The van der Waals surface area contributed by atoms with Crippen molar-refractivity contribution in [3.63, 3.8) is 0 Å². The third kappa shape index (κ3) is 4.93. The van der Waals surface area contributed by atoms with Crippen molar-refractivity contribution < 1.29 is 14.3 Å². The second-order valence-corrected chi connectivity index (χ2v) is 5.49. The van der Waals surface area contributed by atoms with Gasteiger partial charge in [-0.05, 0) is 45.0 Å². The average molecular weight is 303 g/mol. The number of hydrogen-bond donors (Lipinski definition) is 2. The summed E-state index contributed by atoms with van der Waals surface area (Å²) in [4.78, 5) is 28.6. The molecule has 0 saturated carbocycles. The zero-order chi connectivity index (χ0) is 16.2. The van der Waals surface area contributed by atoms with Gasteiger partial charge in [0.1, 0.15) is 11.4 Å². The first-order chi connectivity index (χ1) is 10.3. The molecule has 0 aliphatic rings. The van der Waals surface area contributed by atoms with Crippen molar-refractivity contribution in [1.82, 2.24) is 9.97 Å². The minimum atomic E-state index is -0.555. The fourth-order valence-corrected chi connectivity index (χ4v) is 1.57. The lowest BCUT2D eigenvalue weighted by molar-refractivity contribution is 0.0636. The number of carbonyl (C=O) groups excluding carboxylic acids is 1. The van der Waals surface area contributed by atoms with Gasteiger partial charge in [0.2, 0.25) is 5.88 Å². The first-order valence-corrected chi connectivity index (χ1v) is 6.65. The predicted molar refractivity (Wildman–Crippen MR) is 81.2 cm³/mol. The van der Waals surface area contributed by atoms with Gasteiger partial charge in [0.05, 0.1) is 0 Å². The maximum atomic E-state index is 11.6. The van der Waals surface area contributed by atoms with Crippen LogP contribution in [0.2, 0.25) is 0 Å². The zero-order valence-corrected chi connectivity index (χ0v) is 12.5. The summed E-state index contributed by atoms with van der Waals surface area (Å²) in [5.74, 6) is 0.796. The van der Waals surface area contributed by atoms with Gasteiger partial charge in [-0.25, -0.2) is 14.6 Å². The minimum Gasteiger partial charge on any atom is -0.444 e. The molecule has 2 rings (SSSR count). The van der Waals surface area contributed by atoms with Crippen LogP contribution in [-0.4, -0.2) is 21.7 Å². The van der Waals surface area contributed by atoms with Gasteiger partial charge in [-0.15, -0.1) is 0 Å². The Morgan fingerprint density at radius 2 is 1.86 bits per heavy atom. The highest BCUT2D eigenvalue weighted by molar-refractivity contribution is 5.84. The SMILES string of the molecule is CC(C)(C)OC(=O)Nc1ccc(Oc2ccnc(=O)[nH]2)cc1. The number of carbonyl (C=O) groups is 1. The summed E-state index contributed by atoms with van der Waals surface area (Å²) in [5, 5.41) is 2.61. The highest BCUT2D eigenvalue weighted by Gasteiger charge is 2.16. The molecule has 1 amide bonds. The lowest BCUT2D eigenvalue weighted by Crippen LogP contribution is -2.27. The molecule has 0 fully saturated rings. The molecular formula is C15H17N3O4. The molecule has 1 aromatic heterocycles. The van der Waals surface area contributed by atoms with Crippen molar-refractivity contribution in [2.24, 2.45) is 0 Å². The molecule has 22 heavy (non-hydrogen) atoms. The van der Waals surface area contributed by atoms with Crippen LogP contribution in [0.15, 0.2) is 41.3 Å². The fraction of sp³-hybridized carbons (Fsp3) is 0.267. The molecule has 2 aromatic rings. The predicted octanol–water partition coefficient (Wildman–Crippen LogP) is 2.91. The smallest absolute Gasteiger partial charge is 0.412 e. The van der Waals surface area contributed by atoms with E-state index in [0.717, 1.165) is 0 Å². The Morgan fingerprint density at radius 3 is 2.45 bits per heavy atom. The van der Waals surface area contributed by atoms with E-state index in [9.17, 15) is 9.59 Å². The van der Waals surface area contributed by atoms with Crippen LogP contribution in [0.5, 0.6) is 11.6 Å². The van der Waals surface area contributed by atoms with Gasteiger partial charge < -0.3 is 9.47 Å². The molecule has 116 valence electrons. The van der Waals surface area contributed by atoms with E-state index in [1.807, 2.05) is 0 Å².